The van der Waals surface area contributed by atoms with Crippen LogP contribution in [0.25, 0.3) is 0 Å². The van der Waals surface area contributed by atoms with E-state index in [-0.39, 0.29) is 0 Å². The lowest BCUT2D eigenvalue weighted by molar-refractivity contribution is 0.312. The number of thioether (sulfide) groups is 1. The van der Waals surface area contributed by atoms with E-state index in [4.69, 9.17) is 0 Å². The van der Waals surface area contributed by atoms with Crippen molar-refractivity contribution in [3.8, 4) is 0 Å². The summed E-state index contributed by atoms with van der Waals surface area (Å²) in [6, 6.07) is 2.71. The van der Waals surface area contributed by atoms with Crippen molar-refractivity contribution in [2.45, 2.75) is 43.7 Å². The smallest absolute Gasteiger partial charge is 0.116 e. The minimum Gasteiger partial charge on any atom is -0.313 e. The van der Waals surface area contributed by atoms with Crippen LogP contribution in [0, 0.1) is 5.92 Å². The van der Waals surface area contributed by atoms with Crippen LogP contribution < -0.4 is 5.32 Å². The fraction of sp³-hybridized carbons (Fsp3) is 0.692. The quantitative estimate of drug-likeness (QED) is 0.496. The van der Waals surface area contributed by atoms with Gasteiger partial charge in [0, 0.05) is 24.5 Å². The average Bonchev–Trinajstić information content (AvgIpc) is 2.38. The maximum atomic E-state index is 4.20. The Morgan fingerprint density at radius 3 is 2.88 bits per heavy atom. The third-order valence-corrected chi connectivity index (χ3v) is 4.30. The van der Waals surface area contributed by atoms with Crippen molar-refractivity contribution in [3.63, 3.8) is 0 Å². The van der Waals surface area contributed by atoms with Gasteiger partial charge in [0.2, 0.25) is 0 Å². The molecule has 1 N–H and O–H groups in total. The van der Waals surface area contributed by atoms with E-state index in [0.29, 0.717) is 0 Å². The molecule has 17 heavy (non-hydrogen) atoms. The molecule has 94 valence electrons. The van der Waals surface area contributed by atoms with Crippen molar-refractivity contribution in [2.24, 2.45) is 5.92 Å². The first-order valence-corrected chi connectivity index (χ1v) is 7.45. The lowest BCUT2D eigenvalue weighted by Gasteiger charge is -2.26. The zero-order valence-electron chi connectivity index (χ0n) is 10.4. The van der Waals surface area contributed by atoms with Gasteiger partial charge >= 0.3 is 0 Å². The minimum atomic E-state index is 0.747. The Hall–Kier alpha value is -0.610. The van der Waals surface area contributed by atoms with Crippen LogP contribution in [-0.4, -0.2) is 28.3 Å². The molecule has 0 aliphatic heterocycles. The van der Waals surface area contributed by atoms with E-state index in [9.17, 15) is 0 Å². The average molecular weight is 251 g/mol. The number of nitrogens with one attached hydrogen (secondary N) is 1. The van der Waals surface area contributed by atoms with E-state index in [1.807, 2.05) is 6.07 Å². The minimum absolute atomic E-state index is 0.747. The fourth-order valence-electron chi connectivity index (χ4n) is 2.25. The lowest BCUT2D eigenvalue weighted by atomic mass is 9.87. The van der Waals surface area contributed by atoms with Crippen molar-refractivity contribution < 1.29 is 0 Å². The Kier molecular flexibility index (Phi) is 5.26. The van der Waals surface area contributed by atoms with Crippen LogP contribution in [0.2, 0.25) is 0 Å². The molecule has 1 aliphatic carbocycles. The van der Waals surface area contributed by atoms with E-state index < -0.39 is 0 Å². The van der Waals surface area contributed by atoms with E-state index in [2.05, 4.69) is 22.2 Å². The maximum absolute atomic E-state index is 4.20. The summed E-state index contributed by atoms with van der Waals surface area (Å²) in [4.78, 5) is 8.11. The predicted octanol–water partition coefficient (Wildman–Crippen LogP) is 2.74. The maximum Gasteiger partial charge on any atom is 0.116 e. The second-order valence-electron chi connectivity index (χ2n) is 4.81. The highest BCUT2D eigenvalue weighted by Gasteiger charge is 2.16. The Bertz CT molecular complexity index is 310. The first kappa shape index (κ1) is 12.8. The number of rotatable bonds is 5. The van der Waals surface area contributed by atoms with E-state index in [1.54, 1.807) is 24.3 Å². The Balaban J connectivity index is 1.57. The third-order valence-electron chi connectivity index (χ3n) is 3.36. The Morgan fingerprint density at radius 1 is 1.35 bits per heavy atom. The molecule has 1 fully saturated rings. The molecule has 0 radical (unpaired) electrons. The first-order valence-electron chi connectivity index (χ1n) is 6.47. The standard InChI is InChI=1S/C13H21N3S/c1-11-2-4-12(5-3-11)15-8-9-17-13-6-7-14-10-16-13/h6-7,10-12,15H,2-5,8-9H2,1H3. The molecule has 1 heterocycles. The molecule has 1 aromatic rings. The summed E-state index contributed by atoms with van der Waals surface area (Å²) in [5.41, 5.74) is 0. The van der Waals surface area contributed by atoms with E-state index in [0.717, 1.165) is 29.3 Å². The molecule has 1 saturated carbocycles. The molecular formula is C13H21N3S. The number of nitrogens with zero attached hydrogens (tertiary/aromatic N) is 2. The highest BCUT2D eigenvalue weighted by molar-refractivity contribution is 7.99. The molecule has 0 unspecified atom stereocenters. The highest BCUT2D eigenvalue weighted by atomic mass is 32.2. The van der Waals surface area contributed by atoms with E-state index >= 15 is 0 Å². The summed E-state index contributed by atoms with van der Waals surface area (Å²) in [6.07, 6.45) is 8.87. The first-order chi connectivity index (χ1) is 8.34. The zero-order chi connectivity index (χ0) is 11.9. The molecule has 0 bridgehead atoms. The van der Waals surface area contributed by atoms with Crippen molar-refractivity contribution >= 4 is 11.8 Å². The highest BCUT2D eigenvalue weighted by Crippen LogP contribution is 2.23. The monoisotopic (exact) mass is 251 g/mol. The van der Waals surface area contributed by atoms with Gasteiger partial charge in [0.1, 0.15) is 6.33 Å². The van der Waals surface area contributed by atoms with Gasteiger partial charge in [-0.1, -0.05) is 6.92 Å². The molecule has 1 aliphatic rings. The molecule has 3 nitrogen and oxygen atoms in total. The van der Waals surface area contributed by atoms with Gasteiger partial charge in [-0.3, -0.25) is 0 Å². The van der Waals surface area contributed by atoms with Crippen LogP contribution >= 0.6 is 11.8 Å². The second kappa shape index (κ2) is 6.97. The van der Waals surface area contributed by atoms with Crippen molar-refractivity contribution in [1.82, 2.24) is 15.3 Å². The van der Waals surface area contributed by atoms with Crippen LogP contribution in [0.5, 0.6) is 0 Å². The van der Waals surface area contributed by atoms with E-state index in [1.165, 1.54) is 25.7 Å². The summed E-state index contributed by atoms with van der Waals surface area (Å²) < 4.78 is 0. The third kappa shape index (κ3) is 4.64. The van der Waals surface area contributed by atoms with Crippen molar-refractivity contribution in [1.29, 1.82) is 0 Å². The lowest BCUT2D eigenvalue weighted by Crippen LogP contribution is -2.34. The molecule has 0 spiro atoms. The summed E-state index contributed by atoms with van der Waals surface area (Å²) in [7, 11) is 0. The SMILES string of the molecule is CC1CCC(NCCSc2ccncn2)CC1. The normalized spacial score (nSPS) is 24.8. The Morgan fingerprint density at radius 2 is 2.18 bits per heavy atom. The molecule has 0 aromatic carbocycles. The largest absolute Gasteiger partial charge is 0.313 e. The zero-order valence-corrected chi connectivity index (χ0v) is 11.2. The summed E-state index contributed by atoms with van der Waals surface area (Å²) >= 11 is 1.80. The summed E-state index contributed by atoms with van der Waals surface area (Å²) in [5.74, 6) is 2.02. The molecule has 0 amide bonds. The number of hydrogen-bond acceptors (Lipinski definition) is 4. The van der Waals surface area contributed by atoms with Gasteiger partial charge in [-0.25, -0.2) is 9.97 Å². The summed E-state index contributed by atoms with van der Waals surface area (Å²) in [5, 5.41) is 4.72. The molecule has 4 heteroatoms. The van der Waals surface area contributed by atoms with Crippen LogP contribution in [-0.2, 0) is 0 Å². The molecule has 2 rings (SSSR count). The molecule has 0 atom stereocenters. The van der Waals surface area contributed by atoms with Gasteiger partial charge in [0.25, 0.3) is 0 Å². The topological polar surface area (TPSA) is 37.8 Å². The Labute approximate surface area is 108 Å². The molecule has 0 saturated heterocycles. The summed E-state index contributed by atoms with van der Waals surface area (Å²) in [6.45, 7) is 3.44. The van der Waals surface area contributed by atoms with Gasteiger partial charge in [-0.2, -0.15) is 0 Å². The van der Waals surface area contributed by atoms with Crippen molar-refractivity contribution in [2.75, 3.05) is 12.3 Å². The van der Waals surface area contributed by atoms with Crippen molar-refractivity contribution in [3.05, 3.63) is 18.6 Å². The van der Waals surface area contributed by atoms with Crippen LogP contribution in [0.15, 0.2) is 23.6 Å². The second-order valence-corrected chi connectivity index (χ2v) is 5.92. The number of hydrogen-bond donors (Lipinski definition) is 1. The van der Waals surface area contributed by atoms with Gasteiger partial charge in [0.05, 0.1) is 5.03 Å². The fourth-order valence-corrected chi connectivity index (χ4v) is 2.95. The molecular weight excluding hydrogens is 230 g/mol. The predicted molar refractivity (Wildman–Crippen MR) is 72.2 cm³/mol. The van der Waals surface area contributed by atoms with Gasteiger partial charge in [-0.05, 0) is 37.7 Å². The molecule has 1 aromatic heterocycles. The van der Waals surface area contributed by atoms with Crippen LogP contribution in [0.1, 0.15) is 32.6 Å². The van der Waals surface area contributed by atoms with Gasteiger partial charge in [-0.15, -0.1) is 11.8 Å². The van der Waals surface area contributed by atoms with Gasteiger partial charge < -0.3 is 5.32 Å². The van der Waals surface area contributed by atoms with Crippen LogP contribution in [0.4, 0.5) is 0 Å². The number of aromatic nitrogens is 2. The van der Waals surface area contributed by atoms with Gasteiger partial charge in [0.15, 0.2) is 0 Å². The van der Waals surface area contributed by atoms with Crippen LogP contribution in [0.3, 0.4) is 0 Å².